The van der Waals surface area contributed by atoms with E-state index in [2.05, 4.69) is 0 Å². The third-order valence-electron chi connectivity index (χ3n) is 2.24. The molecule has 0 heterocycles. The Morgan fingerprint density at radius 1 is 1.19 bits per heavy atom. The van der Waals surface area contributed by atoms with Crippen molar-refractivity contribution in [2.45, 2.75) is 19.4 Å². The Bertz CT molecular complexity index is 362. The summed E-state index contributed by atoms with van der Waals surface area (Å²) >= 11 is 0. The lowest BCUT2D eigenvalue weighted by atomic mass is 10.2. The second kappa shape index (κ2) is 5.90. The van der Waals surface area contributed by atoms with Gasteiger partial charge in [0, 0.05) is 20.0 Å². The van der Waals surface area contributed by atoms with Gasteiger partial charge in [0.1, 0.15) is 0 Å². The average Bonchev–Trinajstić information content (AvgIpc) is 2.27. The van der Waals surface area contributed by atoms with Gasteiger partial charge in [-0.1, -0.05) is 30.3 Å². The molecule has 4 heteroatoms. The Hall–Kier alpha value is -1.84. The van der Waals surface area contributed by atoms with Crippen molar-refractivity contribution in [1.82, 2.24) is 4.90 Å². The number of carboxylic acids is 1. The molecule has 0 aromatic heterocycles. The third kappa shape index (κ3) is 4.13. The molecule has 0 spiro atoms. The summed E-state index contributed by atoms with van der Waals surface area (Å²) in [6.45, 7) is 0.513. The van der Waals surface area contributed by atoms with Crippen LogP contribution < -0.4 is 0 Å². The highest BCUT2D eigenvalue weighted by Crippen LogP contribution is 2.04. The van der Waals surface area contributed by atoms with Gasteiger partial charge >= 0.3 is 5.97 Å². The van der Waals surface area contributed by atoms with E-state index in [0.717, 1.165) is 5.56 Å². The molecule has 86 valence electrons. The highest BCUT2D eigenvalue weighted by molar-refractivity contribution is 5.80. The lowest BCUT2D eigenvalue weighted by Crippen LogP contribution is -2.26. The number of hydrogen-bond donors (Lipinski definition) is 1. The Kier molecular flexibility index (Phi) is 4.51. The predicted molar refractivity (Wildman–Crippen MR) is 59.8 cm³/mol. The van der Waals surface area contributed by atoms with Crippen LogP contribution in [0.5, 0.6) is 0 Å². The molecule has 0 saturated heterocycles. The number of rotatable bonds is 5. The van der Waals surface area contributed by atoms with Gasteiger partial charge in [-0.15, -0.1) is 0 Å². The van der Waals surface area contributed by atoms with E-state index in [1.54, 1.807) is 7.05 Å². The van der Waals surface area contributed by atoms with Crippen LogP contribution in [0.3, 0.4) is 0 Å². The van der Waals surface area contributed by atoms with Crippen molar-refractivity contribution in [3.05, 3.63) is 35.9 Å². The molecule has 0 atom stereocenters. The normalized spacial score (nSPS) is 9.81. The van der Waals surface area contributed by atoms with E-state index in [9.17, 15) is 9.59 Å². The van der Waals surface area contributed by atoms with Crippen LogP contribution in [0.15, 0.2) is 30.3 Å². The third-order valence-corrected chi connectivity index (χ3v) is 2.24. The zero-order chi connectivity index (χ0) is 12.0. The molecule has 1 aromatic rings. The summed E-state index contributed by atoms with van der Waals surface area (Å²) in [7, 11) is 1.68. The van der Waals surface area contributed by atoms with Crippen molar-refractivity contribution < 1.29 is 14.7 Å². The molecule has 0 saturated carbocycles. The van der Waals surface area contributed by atoms with Crippen LogP contribution in [0.2, 0.25) is 0 Å². The number of hydrogen-bond acceptors (Lipinski definition) is 2. The lowest BCUT2D eigenvalue weighted by molar-refractivity contribution is -0.140. The van der Waals surface area contributed by atoms with Gasteiger partial charge in [0.05, 0.1) is 6.42 Å². The summed E-state index contributed by atoms with van der Waals surface area (Å²) in [5.74, 6) is -1.09. The summed E-state index contributed by atoms with van der Waals surface area (Å²) in [5, 5.41) is 8.46. The van der Waals surface area contributed by atoms with Crippen LogP contribution in [-0.4, -0.2) is 28.9 Å². The molecule has 1 rings (SSSR count). The maximum atomic E-state index is 11.5. The quantitative estimate of drug-likeness (QED) is 0.819. The topological polar surface area (TPSA) is 57.6 Å². The van der Waals surface area contributed by atoms with Gasteiger partial charge in [-0.2, -0.15) is 0 Å². The van der Waals surface area contributed by atoms with Gasteiger partial charge in [0.2, 0.25) is 5.91 Å². The molecule has 0 aliphatic carbocycles. The minimum atomic E-state index is -0.943. The first kappa shape index (κ1) is 12.2. The zero-order valence-electron chi connectivity index (χ0n) is 9.22. The highest BCUT2D eigenvalue weighted by atomic mass is 16.4. The maximum Gasteiger partial charge on any atom is 0.303 e. The Balaban J connectivity index is 2.43. The molecule has 0 fully saturated rings. The minimum Gasteiger partial charge on any atom is -0.481 e. The molecule has 0 aliphatic rings. The molecule has 4 nitrogen and oxygen atoms in total. The van der Waals surface area contributed by atoms with Gasteiger partial charge in [0.25, 0.3) is 0 Å². The van der Waals surface area contributed by atoms with E-state index < -0.39 is 5.97 Å². The van der Waals surface area contributed by atoms with E-state index >= 15 is 0 Å². The van der Waals surface area contributed by atoms with Crippen LogP contribution in [0.4, 0.5) is 0 Å². The summed E-state index contributed by atoms with van der Waals surface area (Å²) < 4.78 is 0. The standard InChI is InChI=1S/C12H15NO3/c1-13(11(14)7-8-12(15)16)9-10-5-3-2-4-6-10/h2-6H,7-9H2,1H3,(H,15,16). The van der Waals surface area contributed by atoms with E-state index in [4.69, 9.17) is 5.11 Å². The van der Waals surface area contributed by atoms with Crippen molar-refractivity contribution in [2.24, 2.45) is 0 Å². The van der Waals surface area contributed by atoms with E-state index in [1.807, 2.05) is 30.3 Å². The molecule has 1 aromatic carbocycles. The highest BCUT2D eigenvalue weighted by Gasteiger charge is 2.10. The summed E-state index contributed by atoms with van der Waals surface area (Å²) in [6, 6.07) is 9.59. The first-order valence-corrected chi connectivity index (χ1v) is 5.09. The fraction of sp³-hybridized carbons (Fsp3) is 0.333. The average molecular weight is 221 g/mol. The lowest BCUT2D eigenvalue weighted by Gasteiger charge is -2.16. The maximum absolute atomic E-state index is 11.5. The van der Waals surface area contributed by atoms with Gasteiger partial charge in [-0.3, -0.25) is 9.59 Å². The summed E-state index contributed by atoms with van der Waals surface area (Å²) in [5.41, 5.74) is 1.04. The minimum absolute atomic E-state index is 0.0542. The van der Waals surface area contributed by atoms with Gasteiger partial charge in [-0.05, 0) is 5.56 Å². The van der Waals surface area contributed by atoms with Crippen LogP contribution in [0, 0.1) is 0 Å². The van der Waals surface area contributed by atoms with Crippen LogP contribution in [0.1, 0.15) is 18.4 Å². The molecular weight excluding hydrogens is 206 g/mol. The van der Waals surface area contributed by atoms with Crippen molar-refractivity contribution in [3.8, 4) is 0 Å². The molecule has 1 N–H and O–H groups in total. The van der Waals surface area contributed by atoms with Crippen molar-refractivity contribution in [3.63, 3.8) is 0 Å². The molecule has 0 bridgehead atoms. The Labute approximate surface area is 94.5 Å². The van der Waals surface area contributed by atoms with Crippen molar-refractivity contribution in [1.29, 1.82) is 0 Å². The van der Waals surface area contributed by atoms with Crippen LogP contribution in [-0.2, 0) is 16.1 Å². The molecule has 0 unspecified atom stereocenters. The number of benzene rings is 1. The summed E-state index contributed by atoms with van der Waals surface area (Å²) in [4.78, 5) is 23.4. The zero-order valence-corrected chi connectivity index (χ0v) is 9.22. The van der Waals surface area contributed by atoms with Gasteiger partial charge in [0.15, 0.2) is 0 Å². The number of aliphatic carboxylic acids is 1. The van der Waals surface area contributed by atoms with Crippen LogP contribution >= 0.6 is 0 Å². The van der Waals surface area contributed by atoms with E-state index in [1.165, 1.54) is 4.90 Å². The van der Waals surface area contributed by atoms with Gasteiger partial charge in [-0.25, -0.2) is 0 Å². The number of amides is 1. The molecule has 16 heavy (non-hydrogen) atoms. The van der Waals surface area contributed by atoms with Gasteiger partial charge < -0.3 is 10.0 Å². The van der Waals surface area contributed by atoms with Crippen molar-refractivity contribution in [2.75, 3.05) is 7.05 Å². The Morgan fingerprint density at radius 3 is 2.38 bits per heavy atom. The Morgan fingerprint density at radius 2 is 1.81 bits per heavy atom. The van der Waals surface area contributed by atoms with Crippen molar-refractivity contribution >= 4 is 11.9 Å². The number of carbonyl (C=O) groups is 2. The SMILES string of the molecule is CN(Cc1ccccc1)C(=O)CCC(=O)O. The number of carboxylic acid groups (broad SMARTS) is 1. The number of carbonyl (C=O) groups excluding carboxylic acids is 1. The fourth-order valence-electron chi connectivity index (χ4n) is 1.35. The number of nitrogens with zero attached hydrogens (tertiary/aromatic N) is 1. The monoisotopic (exact) mass is 221 g/mol. The van der Waals surface area contributed by atoms with E-state index in [-0.39, 0.29) is 18.7 Å². The smallest absolute Gasteiger partial charge is 0.303 e. The van der Waals surface area contributed by atoms with Crippen LogP contribution in [0.25, 0.3) is 0 Å². The predicted octanol–water partition coefficient (Wildman–Crippen LogP) is 1.51. The van der Waals surface area contributed by atoms with E-state index in [0.29, 0.717) is 6.54 Å². The molecule has 0 aliphatic heterocycles. The molecule has 1 amide bonds. The first-order valence-electron chi connectivity index (χ1n) is 5.09. The second-order valence-corrected chi connectivity index (χ2v) is 3.63. The summed E-state index contributed by atoms with van der Waals surface area (Å²) in [6.07, 6.45) is -0.0589. The second-order valence-electron chi connectivity index (χ2n) is 3.63. The molecular formula is C12H15NO3. The fourth-order valence-corrected chi connectivity index (χ4v) is 1.35. The first-order chi connectivity index (χ1) is 7.59. The largest absolute Gasteiger partial charge is 0.481 e. The molecule has 0 radical (unpaired) electrons.